The van der Waals surface area contributed by atoms with Crippen molar-refractivity contribution in [2.24, 2.45) is 0 Å². The Bertz CT molecular complexity index is 1030. The van der Waals surface area contributed by atoms with E-state index in [1.807, 2.05) is 41.3 Å². The third kappa shape index (κ3) is 5.15. The highest BCUT2D eigenvalue weighted by atomic mass is 16.5. The molecule has 0 spiro atoms. The van der Waals surface area contributed by atoms with E-state index < -0.39 is 0 Å². The average molecular weight is 418 g/mol. The van der Waals surface area contributed by atoms with E-state index in [4.69, 9.17) is 9.15 Å². The molecule has 3 aromatic rings. The number of benzene rings is 2. The highest BCUT2D eigenvalue weighted by Crippen LogP contribution is 2.25. The Morgan fingerprint density at radius 2 is 1.68 bits per heavy atom. The number of carbonyl (C=O) groups is 2. The van der Waals surface area contributed by atoms with Crippen LogP contribution in [0.25, 0.3) is 11.3 Å². The van der Waals surface area contributed by atoms with Gasteiger partial charge in [-0.2, -0.15) is 0 Å². The molecule has 0 saturated carbocycles. The fourth-order valence-electron chi connectivity index (χ4n) is 3.68. The average Bonchev–Trinajstić information content (AvgIpc) is 3.50. The molecular formula is C25H26N2O4. The van der Waals surface area contributed by atoms with Gasteiger partial charge in [0, 0.05) is 42.7 Å². The van der Waals surface area contributed by atoms with Crippen molar-refractivity contribution in [3.63, 3.8) is 0 Å². The predicted octanol–water partition coefficient (Wildman–Crippen LogP) is 4.76. The van der Waals surface area contributed by atoms with Crippen LogP contribution in [0.5, 0.6) is 5.75 Å². The Morgan fingerprint density at radius 3 is 2.35 bits per heavy atom. The summed E-state index contributed by atoms with van der Waals surface area (Å²) >= 11 is 0. The van der Waals surface area contributed by atoms with Crippen LogP contribution in [0.1, 0.15) is 35.4 Å². The molecule has 160 valence electrons. The largest absolute Gasteiger partial charge is 0.497 e. The molecule has 2 amide bonds. The van der Waals surface area contributed by atoms with Gasteiger partial charge in [-0.3, -0.25) is 9.59 Å². The van der Waals surface area contributed by atoms with Crippen molar-refractivity contribution >= 4 is 17.5 Å². The van der Waals surface area contributed by atoms with Crippen LogP contribution in [0.4, 0.5) is 5.69 Å². The molecule has 0 aliphatic carbocycles. The van der Waals surface area contributed by atoms with Gasteiger partial charge in [0.1, 0.15) is 17.3 Å². The number of anilines is 1. The standard InChI is InChI=1S/C25H26N2O4/c1-30-21-10-6-18(7-11-21)23-14-12-22(31-23)13-15-24(28)26-20-8-4-19(5-9-20)25(29)27-16-2-3-17-27/h4-12,14H,2-3,13,15-17H2,1H3,(H,26,28). The molecule has 0 atom stereocenters. The molecular weight excluding hydrogens is 392 g/mol. The molecule has 1 N–H and O–H groups in total. The quantitative estimate of drug-likeness (QED) is 0.600. The molecule has 1 aliphatic rings. The topological polar surface area (TPSA) is 71.8 Å². The van der Waals surface area contributed by atoms with E-state index in [1.165, 1.54) is 0 Å². The normalized spacial score (nSPS) is 13.3. The maximum absolute atomic E-state index is 12.4. The van der Waals surface area contributed by atoms with Gasteiger partial charge >= 0.3 is 0 Å². The molecule has 6 nitrogen and oxygen atoms in total. The van der Waals surface area contributed by atoms with Crippen molar-refractivity contribution in [3.8, 4) is 17.1 Å². The summed E-state index contributed by atoms with van der Waals surface area (Å²) < 4.78 is 11.0. The van der Waals surface area contributed by atoms with Gasteiger partial charge in [-0.05, 0) is 73.5 Å². The first-order valence-corrected chi connectivity index (χ1v) is 10.5. The summed E-state index contributed by atoms with van der Waals surface area (Å²) in [7, 11) is 1.63. The Kier molecular flexibility index (Phi) is 6.36. The fourth-order valence-corrected chi connectivity index (χ4v) is 3.68. The van der Waals surface area contributed by atoms with Gasteiger partial charge in [0.15, 0.2) is 0 Å². The Hall–Kier alpha value is -3.54. The van der Waals surface area contributed by atoms with Gasteiger partial charge in [0.2, 0.25) is 5.91 Å². The molecule has 0 bridgehead atoms. The first-order chi connectivity index (χ1) is 15.1. The zero-order valence-electron chi connectivity index (χ0n) is 17.6. The van der Waals surface area contributed by atoms with Crippen LogP contribution in [0.3, 0.4) is 0 Å². The molecule has 2 heterocycles. The highest BCUT2D eigenvalue weighted by Gasteiger charge is 2.19. The first-order valence-electron chi connectivity index (χ1n) is 10.5. The van der Waals surface area contributed by atoms with Crippen LogP contribution < -0.4 is 10.1 Å². The van der Waals surface area contributed by atoms with Crippen LogP contribution in [-0.4, -0.2) is 36.9 Å². The fraction of sp³-hybridized carbons (Fsp3) is 0.280. The molecule has 31 heavy (non-hydrogen) atoms. The Balaban J connectivity index is 1.28. The van der Waals surface area contributed by atoms with Gasteiger partial charge in [-0.1, -0.05) is 0 Å². The molecule has 1 aliphatic heterocycles. The zero-order chi connectivity index (χ0) is 21.6. The van der Waals surface area contributed by atoms with E-state index in [0.29, 0.717) is 24.1 Å². The summed E-state index contributed by atoms with van der Waals surface area (Å²) in [6, 6.07) is 18.5. The van der Waals surface area contributed by atoms with Crippen molar-refractivity contribution in [3.05, 3.63) is 72.0 Å². The number of hydrogen-bond donors (Lipinski definition) is 1. The third-order valence-electron chi connectivity index (χ3n) is 5.44. The van der Waals surface area contributed by atoms with Crippen LogP contribution in [0, 0.1) is 0 Å². The molecule has 1 aromatic heterocycles. The summed E-state index contributed by atoms with van der Waals surface area (Å²) in [4.78, 5) is 26.6. The Labute approximate surface area is 181 Å². The van der Waals surface area contributed by atoms with Crippen LogP contribution in [0.2, 0.25) is 0 Å². The van der Waals surface area contributed by atoms with Crippen LogP contribution in [-0.2, 0) is 11.2 Å². The molecule has 0 unspecified atom stereocenters. The molecule has 1 fully saturated rings. The number of carbonyl (C=O) groups excluding carboxylic acids is 2. The van der Waals surface area contributed by atoms with Gasteiger partial charge < -0.3 is 19.4 Å². The number of amides is 2. The van der Waals surface area contributed by atoms with Gasteiger partial charge in [-0.25, -0.2) is 0 Å². The lowest BCUT2D eigenvalue weighted by Gasteiger charge is -2.15. The number of rotatable bonds is 7. The number of methoxy groups -OCH3 is 1. The lowest BCUT2D eigenvalue weighted by atomic mass is 10.1. The SMILES string of the molecule is COc1ccc(-c2ccc(CCC(=O)Nc3ccc(C(=O)N4CCCC4)cc3)o2)cc1. The minimum absolute atomic E-state index is 0.0564. The van der Waals surface area contributed by atoms with Crippen molar-refractivity contribution in [1.29, 1.82) is 0 Å². The van der Waals surface area contributed by atoms with E-state index in [0.717, 1.165) is 48.8 Å². The molecule has 2 aromatic carbocycles. The minimum atomic E-state index is -0.0963. The number of nitrogens with zero attached hydrogens (tertiary/aromatic N) is 1. The predicted molar refractivity (Wildman–Crippen MR) is 119 cm³/mol. The Morgan fingerprint density at radius 1 is 0.968 bits per heavy atom. The second kappa shape index (κ2) is 9.51. The number of ether oxygens (including phenoxy) is 1. The lowest BCUT2D eigenvalue weighted by Crippen LogP contribution is -2.27. The van der Waals surface area contributed by atoms with Crippen molar-refractivity contribution in [2.75, 3.05) is 25.5 Å². The van der Waals surface area contributed by atoms with Gasteiger partial charge in [0.25, 0.3) is 5.91 Å². The van der Waals surface area contributed by atoms with Crippen LogP contribution in [0.15, 0.2) is 65.1 Å². The van der Waals surface area contributed by atoms with Gasteiger partial charge in [0.05, 0.1) is 7.11 Å². The van der Waals surface area contributed by atoms with Crippen molar-refractivity contribution < 1.29 is 18.7 Å². The molecule has 4 rings (SSSR count). The number of nitrogens with one attached hydrogen (secondary N) is 1. The molecule has 0 radical (unpaired) electrons. The first kappa shape index (κ1) is 20.7. The monoisotopic (exact) mass is 418 g/mol. The molecule has 6 heteroatoms. The van der Waals surface area contributed by atoms with E-state index in [1.54, 1.807) is 31.4 Å². The van der Waals surface area contributed by atoms with Crippen LogP contribution >= 0.6 is 0 Å². The second-order valence-electron chi connectivity index (χ2n) is 7.62. The van der Waals surface area contributed by atoms with E-state index in [2.05, 4.69) is 5.32 Å². The number of furan rings is 1. The number of hydrogen-bond acceptors (Lipinski definition) is 4. The highest BCUT2D eigenvalue weighted by molar-refractivity contribution is 5.96. The summed E-state index contributed by atoms with van der Waals surface area (Å²) in [5, 5.41) is 2.88. The maximum atomic E-state index is 12.4. The van der Waals surface area contributed by atoms with Crippen molar-refractivity contribution in [2.45, 2.75) is 25.7 Å². The number of likely N-dealkylation sites (tertiary alicyclic amines) is 1. The smallest absolute Gasteiger partial charge is 0.253 e. The summed E-state index contributed by atoms with van der Waals surface area (Å²) in [5.74, 6) is 2.27. The van der Waals surface area contributed by atoms with E-state index in [9.17, 15) is 9.59 Å². The summed E-state index contributed by atoms with van der Waals surface area (Å²) in [6.45, 7) is 1.65. The molecule has 1 saturated heterocycles. The lowest BCUT2D eigenvalue weighted by molar-refractivity contribution is -0.116. The third-order valence-corrected chi connectivity index (χ3v) is 5.44. The van der Waals surface area contributed by atoms with E-state index >= 15 is 0 Å². The summed E-state index contributed by atoms with van der Waals surface area (Å²) in [5.41, 5.74) is 2.29. The maximum Gasteiger partial charge on any atom is 0.253 e. The summed E-state index contributed by atoms with van der Waals surface area (Å²) in [6.07, 6.45) is 2.95. The van der Waals surface area contributed by atoms with Gasteiger partial charge in [-0.15, -0.1) is 0 Å². The number of aryl methyl sites for hydroxylation is 1. The van der Waals surface area contributed by atoms with E-state index in [-0.39, 0.29) is 11.8 Å². The van der Waals surface area contributed by atoms with Crippen molar-refractivity contribution in [1.82, 2.24) is 4.90 Å². The second-order valence-corrected chi connectivity index (χ2v) is 7.62. The minimum Gasteiger partial charge on any atom is -0.497 e. The zero-order valence-corrected chi connectivity index (χ0v) is 17.6.